The molecule has 0 fully saturated rings. The van der Waals surface area contributed by atoms with E-state index in [9.17, 15) is 9.59 Å². The van der Waals surface area contributed by atoms with Crippen molar-refractivity contribution in [1.29, 1.82) is 0 Å². The summed E-state index contributed by atoms with van der Waals surface area (Å²) in [6.45, 7) is 9.03. The Labute approximate surface area is 143 Å². The van der Waals surface area contributed by atoms with Gasteiger partial charge in [-0.25, -0.2) is 4.79 Å². The maximum atomic E-state index is 12.2. The summed E-state index contributed by atoms with van der Waals surface area (Å²) in [6, 6.07) is 4.98. The minimum atomic E-state index is -0.611. The number of benzene rings is 1. The monoisotopic (exact) mass is 334 g/mol. The lowest BCUT2D eigenvalue weighted by molar-refractivity contribution is -0.112. The summed E-state index contributed by atoms with van der Waals surface area (Å²) in [7, 11) is 1.53. The molecule has 1 aromatic carbocycles. The molecule has 0 bridgehead atoms. The number of amides is 2. The summed E-state index contributed by atoms with van der Waals surface area (Å²) in [5, 5.41) is 5.42. The van der Waals surface area contributed by atoms with Crippen LogP contribution in [0.2, 0.25) is 0 Å². The van der Waals surface area contributed by atoms with Crippen LogP contribution >= 0.6 is 0 Å². The van der Waals surface area contributed by atoms with Crippen LogP contribution in [0.1, 0.15) is 41.0 Å². The van der Waals surface area contributed by atoms with E-state index in [2.05, 4.69) is 10.6 Å². The second-order valence-electron chi connectivity index (χ2n) is 6.29. The molecule has 0 radical (unpaired) electrons. The van der Waals surface area contributed by atoms with Gasteiger partial charge in [0, 0.05) is 11.6 Å². The van der Waals surface area contributed by atoms with Crippen molar-refractivity contribution in [2.45, 2.75) is 46.6 Å². The molecule has 0 atom stereocenters. The van der Waals surface area contributed by atoms with E-state index in [0.29, 0.717) is 22.7 Å². The Morgan fingerprint density at radius 1 is 1.17 bits per heavy atom. The van der Waals surface area contributed by atoms with Gasteiger partial charge in [0.1, 0.15) is 11.4 Å². The van der Waals surface area contributed by atoms with Crippen LogP contribution in [0.25, 0.3) is 0 Å². The molecule has 6 heteroatoms. The van der Waals surface area contributed by atoms with Gasteiger partial charge in [0.15, 0.2) is 0 Å². The van der Waals surface area contributed by atoms with Crippen LogP contribution in [0.5, 0.6) is 5.75 Å². The zero-order valence-electron chi connectivity index (χ0n) is 15.1. The molecular formula is C18H26N2O4. The number of allylic oxidation sites excluding steroid dienone is 1. The number of rotatable bonds is 5. The molecule has 6 nitrogen and oxygen atoms in total. The molecule has 0 saturated carbocycles. The highest BCUT2D eigenvalue weighted by Gasteiger charge is 2.18. The zero-order valence-corrected chi connectivity index (χ0v) is 15.1. The molecule has 1 aromatic rings. The summed E-state index contributed by atoms with van der Waals surface area (Å²) in [5.41, 5.74) is 0.862. The molecule has 24 heavy (non-hydrogen) atoms. The van der Waals surface area contributed by atoms with E-state index < -0.39 is 11.7 Å². The Balaban J connectivity index is 3.02. The molecule has 1 rings (SSSR count). The third-order valence-electron chi connectivity index (χ3n) is 2.98. The third kappa shape index (κ3) is 6.32. The Morgan fingerprint density at radius 3 is 2.38 bits per heavy atom. The van der Waals surface area contributed by atoms with Crippen molar-refractivity contribution in [3.05, 3.63) is 29.8 Å². The Bertz CT molecular complexity index is 630. The van der Waals surface area contributed by atoms with Crippen molar-refractivity contribution < 1.29 is 19.1 Å². The first kappa shape index (κ1) is 19.5. The highest BCUT2D eigenvalue weighted by atomic mass is 16.6. The van der Waals surface area contributed by atoms with Gasteiger partial charge in [0.2, 0.25) is 0 Å². The minimum Gasteiger partial charge on any atom is -0.497 e. The number of anilines is 2. The second kappa shape index (κ2) is 8.38. The van der Waals surface area contributed by atoms with Gasteiger partial charge in [0.25, 0.3) is 5.91 Å². The van der Waals surface area contributed by atoms with Crippen LogP contribution < -0.4 is 15.4 Å². The fourth-order valence-corrected chi connectivity index (χ4v) is 1.90. The van der Waals surface area contributed by atoms with Gasteiger partial charge in [-0.15, -0.1) is 0 Å². The fraction of sp³-hybridized carbons (Fsp3) is 0.444. The van der Waals surface area contributed by atoms with Crippen LogP contribution in [0, 0.1) is 0 Å². The molecule has 0 heterocycles. The maximum absolute atomic E-state index is 12.2. The predicted octanol–water partition coefficient (Wildman–Crippen LogP) is 4.34. The predicted molar refractivity (Wildman–Crippen MR) is 95.5 cm³/mol. The number of ether oxygens (including phenoxy) is 2. The third-order valence-corrected chi connectivity index (χ3v) is 2.98. The van der Waals surface area contributed by atoms with E-state index in [4.69, 9.17) is 9.47 Å². The fourth-order valence-electron chi connectivity index (χ4n) is 1.90. The molecule has 0 spiro atoms. The molecule has 132 valence electrons. The van der Waals surface area contributed by atoms with Gasteiger partial charge in [0.05, 0.1) is 18.5 Å². The Kier molecular flexibility index (Phi) is 6.82. The molecule has 0 aliphatic carbocycles. The summed E-state index contributed by atoms with van der Waals surface area (Å²) < 4.78 is 10.4. The summed E-state index contributed by atoms with van der Waals surface area (Å²) >= 11 is 0. The van der Waals surface area contributed by atoms with Gasteiger partial charge in [-0.05, 0) is 46.2 Å². The average molecular weight is 334 g/mol. The highest BCUT2D eigenvalue weighted by molar-refractivity contribution is 6.06. The van der Waals surface area contributed by atoms with Crippen molar-refractivity contribution in [2.75, 3.05) is 17.7 Å². The number of carbonyl (C=O) groups excluding carboxylic acids is 2. The van der Waals surface area contributed by atoms with Gasteiger partial charge >= 0.3 is 6.09 Å². The van der Waals surface area contributed by atoms with E-state index in [1.165, 1.54) is 7.11 Å². The molecule has 0 saturated heterocycles. The van der Waals surface area contributed by atoms with E-state index in [-0.39, 0.29) is 5.91 Å². The first-order valence-electron chi connectivity index (χ1n) is 7.82. The SMILES string of the molecule is CCC=C(C)C(=O)Nc1cc(OC)ccc1NC(=O)OC(C)(C)C. The zero-order chi connectivity index (χ0) is 18.3. The lowest BCUT2D eigenvalue weighted by Crippen LogP contribution is -2.27. The molecule has 2 N–H and O–H groups in total. The number of hydrogen-bond donors (Lipinski definition) is 2. The van der Waals surface area contributed by atoms with Gasteiger partial charge in [-0.1, -0.05) is 13.0 Å². The standard InChI is InChI=1S/C18H26N2O4/c1-7-8-12(2)16(21)19-15-11-13(23-6)9-10-14(15)20-17(22)24-18(3,4)5/h8-11H,7H2,1-6H3,(H,19,21)(H,20,22). The summed E-state index contributed by atoms with van der Waals surface area (Å²) in [4.78, 5) is 24.2. The molecule has 0 aromatic heterocycles. The van der Waals surface area contributed by atoms with Crippen molar-refractivity contribution in [3.8, 4) is 5.75 Å². The van der Waals surface area contributed by atoms with Crippen LogP contribution in [0.15, 0.2) is 29.8 Å². The Hall–Kier alpha value is -2.50. The first-order chi connectivity index (χ1) is 11.2. The van der Waals surface area contributed by atoms with Crippen molar-refractivity contribution in [3.63, 3.8) is 0 Å². The second-order valence-corrected chi connectivity index (χ2v) is 6.29. The molecular weight excluding hydrogens is 308 g/mol. The number of carbonyl (C=O) groups is 2. The van der Waals surface area contributed by atoms with Crippen molar-refractivity contribution in [2.24, 2.45) is 0 Å². The van der Waals surface area contributed by atoms with Crippen LogP contribution in [0.4, 0.5) is 16.2 Å². The van der Waals surface area contributed by atoms with Gasteiger partial charge in [-0.3, -0.25) is 10.1 Å². The number of methoxy groups -OCH3 is 1. The van der Waals surface area contributed by atoms with Gasteiger partial charge in [-0.2, -0.15) is 0 Å². The maximum Gasteiger partial charge on any atom is 0.412 e. The lowest BCUT2D eigenvalue weighted by atomic mass is 10.2. The van der Waals surface area contributed by atoms with E-state index in [1.54, 1.807) is 45.9 Å². The largest absolute Gasteiger partial charge is 0.497 e. The minimum absolute atomic E-state index is 0.239. The Morgan fingerprint density at radius 2 is 1.83 bits per heavy atom. The smallest absolute Gasteiger partial charge is 0.412 e. The van der Waals surface area contributed by atoms with Crippen LogP contribution in [0.3, 0.4) is 0 Å². The van der Waals surface area contributed by atoms with Crippen LogP contribution in [-0.2, 0) is 9.53 Å². The van der Waals surface area contributed by atoms with Crippen molar-refractivity contribution in [1.82, 2.24) is 0 Å². The molecule has 0 aliphatic rings. The lowest BCUT2D eigenvalue weighted by Gasteiger charge is -2.20. The van der Waals surface area contributed by atoms with Crippen molar-refractivity contribution >= 4 is 23.4 Å². The summed E-state index contributed by atoms with van der Waals surface area (Å²) in [5.74, 6) is 0.328. The molecule has 0 unspecified atom stereocenters. The van der Waals surface area contributed by atoms with E-state index in [1.807, 2.05) is 13.0 Å². The van der Waals surface area contributed by atoms with Crippen LogP contribution in [-0.4, -0.2) is 24.7 Å². The first-order valence-corrected chi connectivity index (χ1v) is 7.82. The highest BCUT2D eigenvalue weighted by Crippen LogP contribution is 2.28. The molecule has 2 amide bonds. The van der Waals surface area contributed by atoms with E-state index in [0.717, 1.165) is 6.42 Å². The quantitative estimate of drug-likeness (QED) is 0.785. The molecule has 0 aliphatic heterocycles. The average Bonchev–Trinajstić information content (AvgIpc) is 2.47. The number of hydrogen-bond acceptors (Lipinski definition) is 4. The topological polar surface area (TPSA) is 76.7 Å². The van der Waals surface area contributed by atoms with Gasteiger partial charge < -0.3 is 14.8 Å². The van der Waals surface area contributed by atoms with E-state index >= 15 is 0 Å². The normalized spacial score (nSPS) is 11.7. The number of nitrogens with one attached hydrogen (secondary N) is 2. The summed E-state index contributed by atoms with van der Waals surface area (Å²) in [6.07, 6.45) is 2.00.